The monoisotopic (exact) mass is 261 g/mol. The van der Waals surface area contributed by atoms with Crippen molar-refractivity contribution in [2.45, 2.75) is 0 Å². The molecule has 0 amide bonds. The van der Waals surface area contributed by atoms with Gasteiger partial charge in [-0.15, -0.1) is 0 Å². The van der Waals surface area contributed by atoms with Gasteiger partial charge in [0.15, 0.2) is 4.32 Å². The van der Waals surface area contributed by atoms with E-state index < -0.39 is 4.92 Å². The van der Waals surface area contributed by atoms with E-state index in [9.17, 15) is 10.1 Å². The van der Waals surface area contributed by atoms with Gasteiger partial charge >= 0.3 is 5.00 Å². The normalized spacial score (nSPS) is 10.5. The lowest BCUT2D eigenvalue weighted by Crippen LogP contribution is -2.09. The third-order valence-corrected chi connectivity index (χ3v) is 3.35. The van der Waals surface area contributed by atoms with E-state index in [1.807, 2.05) is 6.26 Å². The Balaban J connectivity index is 2.57. The first-order valence-electron chi connectivity index (χ1n) is 3.74. The van der Waals surface area contributed by atoms with Crippen LogP contribution in [0.2, 0.25) is 0 Å². The molecular formula is C7H7N3O2S3. The zero-order chi connectivity index (χ0) is 11.3. The number of thiocarbonyl (C=S) groups is 1. The Kier molecular flexibility index (Phi) is 4.66. The fourth-order valence-corrected chi connectivity index (χ4v) is 1.59. The number of nitrogens with zero attached hydrogens (tertiary/aromatic N) is 2. The van der Waals surface area contributed by atoms with Crippen LogP contribution in [0.25, 0.3) is 0 Å². The first-order chi connectivity index (χ1) is 7.13. The summed E-state index contributed by atoms with van der Waals surface area (Å²) < 4.78 is 0.553. The van der Waals surface area contributed by atoms with Gasteiger partial charge in [-0.1, -0.05) is 35.3 Å². The highest BCUT2D eigenvalue weighted by Crippen LogP contribution is 2.22. The maximum atomic E-state index is 10.4. The van der Waals surface area contributed by atoms with Crippen LogP contribution in [0.4, 0.5) is 5.00 Å². The highest BCUT2D eigenvalue weighted by molar-refractivity contribution is 8.22. The Labute approximate surface area is 99.7 Å². The molecule has 1 aromatic heterocycles. The maximum absolute atomic E-state index is 10.4. The summed E-state index contributed by atoms with van der Waals surface area (Å²) in [6, 6.07) is 3.08. The summed E-state index contributed by atoms with van der Waals surface area (Å²) in [7, 11) is 0. The molecule has 0 unspecified atom stereocenters. The van der Waals surface area contributed by atoms with Gasteiger partial charge in [0.2, 0.25) is 0 Å². The van der Waals surface area contributed by atoms with E-state index in [0.29, 0.717) is 9.20 Å². The quantitative estimate of drug-likeness (QED) is 0.391. The first-order valence-corrected chi connectivity index (χ1v) is 6.19. The molecule has 8 heteroatoms. The van der Waals surface area contributed by atoms with E-state index in [2.05, 4.69) is 10.5 Å². The third kappa shape index (κ3) is 3.94. The fourth-order valence-electron chi connectivity index (χ4n) is 0.704. The number of rotatable bonds is 3. The molecule has 0 aliphatic heterocycles. The average Bonchev–Trinajstić information content (AvgIpc) is 2.66. The van der Waals surface area contributed by atoms with Crippen LogP contribution in [0.3, 0.4) is 0 Å². The molecule has 0 aliphatic carbocycles. The topological polar surface area (TPSA) is 67.5 Å². The van der Waals surface area contributed by atoms with E-state index >= 15 is 0 Å². The summed E-state index contributed by atoms with van der Waals surface area (Å²) in [5.41, 5.74) is 2.62. The second-order valence-electron chi connectivity index (χ2n) is 2.29. The molecule has 0 radical (unpaired) electrons. The van der Waals surface area contributed by atoms with E-state index in [0.717, 1.165) is 11.3 Å². The molecule has 0 aromatic carbocycles. The van der Waals surface area contributed by atoms with Crippen LogP contribution in [0, 0.1) is 10.1 Å². The molecule has 0 spiro atoms. The minimum atomic E-state index is -0.429. The predicted octanol–water partition coefficient (Wildman–Crippen LogP) is 2.23. The predicted molar refractivity (Wildman–Crippen MR) is 67.8 cm³/mol. The van der Waals surface area contributed by atoms with Crippen LogP contribution in [0.15, 0.2) is 17.2 Å². The fraction of sp³-hybridized carbons (Fsp3) is 0.143. The summed E-state index contributed by atoms with van der Waals surface area (Å²) in [4.78, 5) is 10.7. The number of hydrogen-bond donors (Lipinski definition) is 1. The first kappa shape index (κ1) is 12.1. The Morgan fingerprint density at radius 1 is 1.80 bits per heavy atom. The Morgan fingerprint density at radius 2 is 2.53 bits per heavy atom. The number of hydrogen-bond acceptors (Lipinski definition) is 6. The SMILES string of the molecule is CSC(=S)N/N=C/c1ccc([N+](=O)[O-])s1. The highest BCUT2D eigenvalue weighted by Gasteiger charge is 2.07. The Morgan fingerprint density at radius 3 is 3.07 bits per heavy atom. The summed E-state index contributed by atoms with van der Waals surface area (Å²) >= 11 is 7.28. The molecule has 1 N–H and O–H groups in total. The van der Waals surface area contributed by atoms with Crippen molar-refractivity contribution in [2.24, 2.45) is 5.10 Å². The molecule has 0 saturated heterocycles. The van der Waals surface area contributed by atoms with Crippen LogP contribution >= 0.6 is 35.3 Å². The number of nitro groups is 1. The van der Waals surface area contributed by atoms with Gasteiger partial charge in [-0.2, -0.15) is 5.10 Å². The summed E-state index contributed by atoms with van der Waals surface area (Å²) in [6.07, 6.45) is 3.33. The van der Waals surface area contributed by atoms with E-state index in [1.54, 1.807) is 6.07 Å². The average molecular weight is 261 g/mol. The summed E-state index contributed by atoms with van der Waals surface area (Å²) in [6.45, 7) is 0. The molecule has 1 heterocycles. The lowest BCUT2D eigenvalue weighted by molar-refractivity contribution is -0.380. The van der Waals surface area contributed by atoms with Crippen molar-refractivity contribution < 1.29 is 4.92 Å². The van der Waals surface area contributed by atoms with Crippen molar-refractivity contribution >= 4 is 50.9 Å². The van der Waals surface area contributed by atoms with Crippen LogP contribution in [0.1, 0.15) is 4.88 Å². The molecule has 5 nitrogen and oxygen atoms in total. The van der Waals surface area contributed by atoms with Gasteiger partial charge < -0.3 is 0 Å². The number of thiophene rings is 1. The second-order valence-corrected chi connectivity index (χ2v) is 4.87. The van der Waals surface area contributed by atoms with Gasteiger partial charge in [0, 0.05) is 6.07 Å². The Hall–Kier alpha value is -0.990. The van der Waals surface area contributed by atoms with E-state index in [4.69, 9.17) is 12.2 Å². The van der Waals surface area contributed by atoms with Gasteiger partial charge in [-0.3, -0.25) is 15.5 Å². The van der Waals surface area contributed by atoms with Crippen LogP contribution in [-0.2, 0) is 0 Å². The van der Waals surface area contributed by atoms with E-state index in [-0.39, 0.29) is 5.00 Å². The van der Waals surface area contributed by atoms with Gasteiger partial charge in [-0.05, 0) is 12.3 Å². The minimum Gasteiger partial charge on any atom is -0.262 e. The van der Waals surface area contributed by atoms with Gasteiger partial charge in [0.05, 0.1) is 16.0 Å². The minimum absolute atomic E-state index is 0.101. The van der Waals surface area contributed by atoms with Crippen LogP contribution < -0.4 is 5.43 Å². The zero-order valence-corrected chi connectivity index (χ0v) is 10.1. The van der Waals surface area contributed by atoms with Crippen molar-refractivity contribution in [1.82, 2.24) is 5.43 Å². The lowest BCUT2D eigenvalue weighted by atomic mass is 10.5. The lowest BCUT2D eigenvalue weighted by Gasteiger charge is -1.94. The standard InChI is InChI=1S/C7H7N3O2S3/c1-14-7(13)9-8-4-5-2-3-6(15-5)10(11)12/h2-4H,1H3,(H,9,13)/b8-4+. The van der Waals surface area contributed by atoms with Gasteiger partial charge in [0.1, 0.15) is 0 Å². The van der Waals surface area contributed by atoms with Crippen molar-refractivity contribution in [3.63, 3.8) is 0 Å². The number of thioether (sulfide) groups is 1. The van der Waals surface area contributed by atoms with Crippen molar-refractivity contribution in [3.8, 4) is 0 Å². The van der Waals surface area contributed by atoms with E-state index in [1.165, 1.54) is 24.0 Å². The molecule has 0 aliphatic rings. The van der Waals surface area contributed by atoms with Crippen molar-refractivity contribution in [3.05, 3.63) is 27.1 Å². The van der Waals surface area contributed by atoms with Gasteiger partial charge in [0.25, 0.3) is 0 Å². The largest absolute Gasteiger partial charge is 0.324 e. The summed E-state index contributed by atoms with van der Waals surface area (Å²) in [5.74, 6) is 0. The van der Waals surface area contributed by atoms with Crippen molar-refractivity contribution in [2.75, 3.05) is 6.26 Å². The molecular weight excluding hydrogens is 254 g/mol. The molecule has 1 aromatic rings. The summed E-state index contributed by atoms with van der Waals surface area (Å²) in [5, 5.41) is 14.3. The molecule has 80 valence electrons. The second kappa shape index (κ2) is 5.79. The molecule has 1 rings (SSSR count). The maximum Gasteiger partial charge on any atom is 0.324 e. The molecule has 15 heavy (non-hydrogen) atoms. The highest BCUT2D eigenvalue weighted by atomic mass is 32.2. The third-order valence-electron chi connectivity index (χ3n) is 1.33. The van der Waals surface area contributed by atoms with Gasteiger partial charge in [-0.25, -0.2) is 0 Å². The number of nitrogens with one attached hydrogen (secondary N) is 1. The Bertz CT molecular complexity index is 402. The number of hydrazone groups is 1. The zero-order valence-electron chi connectivity index (χ0n) is 7.67. The van der Waals surface area contributed by atoms with Crippen LogP contribution in [-0.4, -0.2) is 21.7 Å². The molecule has 0 atom stereocenters. The smallest absolute Gasteiger partial charge is 0.262 e. The molecule has 0 saturated carbocycles. The molecule has 0 fully saturated rings. The van der Waals surface area contributed by atoms with Crippen LogP contribution in [0.5, 0.6) is 0 Å². The van der Waals surface area contributed by atoms with Crippen molar-refractivity contribution in [1.29, 1.82) is 0 Å². The molecule has 0 bridgehead atoms.